The Kier molecular flexibility index (Phi) is 3.41. The zero-order valence-electron chi connectivity index (χ0n) is 12.2. The van der Waals surface area contributed by atoms with E-state index in [4.69, 9.17) is 0 Å². The number of nitrogens with zero attached hydrogens (tertiary/aromatic N) is 1. The van der Waals surface area contributed by atoms with Crippen LogP contribution in [0.2, 0.25) is 0 Å². The van der Waals surface area contributed by atoms with E-state index in [9.17, 15) is 4.79 Å². The summed E-state index contributed by atoms with van der Waals surface area (Å²) in [5.41, 5.74) is 1.78. The molecular formula is C16H21BrN2O. The highest BCUT2D eigenvalue weighted by Gasteiger charge is 2.51. The highest BCUT2D eigenvalue weighted by Crippen LogP contribution is 2.41. The second-order valence-corrected chi connectivity index (χ2v) is 7.36. The first-order chi connectivity index (χ1) is 9.43. The van der Waals surface area contributed by atoms with Crippen LogP contribution in [0, 0.1) is 18.8 Å². The summed E-state index contributed by atoms with van der Waals surface area (Å²) in [5, 5.41) is 3.45. The van der Waals surface area contributed by atoms with E-state index in [0.717, 1.165) is 35.2 Å². The molecule has 2 atom stereocenters. The average molecular weight is 337 g/mol. The summed E-state index contributed by atoms with van der Waals surface area (Å²) in [5.74, 6) is 1.34. The van der Waals surface area contributed by atoms with E-state index in [2.05, 4.69) is 40.0 Å². The molecule has 108 valence electrons. The molecular weight excluding hydrogens is 316 g/mol. The summed E-state index contributed by atoms with van der Waals surface area (Å²) >= 11 is 3.52. The van der Waals surface area contributed by atoms with Crippen molar-refractivity contribution in [1.29, 1.82) is 0 Å². The van der Waals surface area contributed by atoms with Gasteiger partial charge >= 0.3 is 0 Å². The van der Waals surface area contributed by atoms with Crippen molar-refractivity contribution < 1.29 is 4.79 Å². The lowest BCUT2D eigenvalue weighted by Gasteiger charge is -2.36. The molecule has 2 unspecified atom stereocenters. The molecule has 1 N–H and O–H groups in total. The first-order valence-electron chi connectivity index (χ1n) is 7.20. The number of hydrogen-bond donors (Lipinski definition) is 1. The minimum atomic E-state index is -0.0694. The number of carbonyl (C=O) groups excluding carboxylic acids is 1. The Labute approximate surface area is 128 Å². The van der Waals surface area contributed by atoms with Crippen LogP contribution in [0.5, 0.6) is 0 Å². The summed E-state index contributed by atoms with van der Waals surface area (Å²) in [6.45, 7) is 9.35. The first kappa shape index (κ1) is 14.1. The summed E-state index contributed by atoms with van der Waals surface area (Å²) in [6, 6.07) is 5.86. The van der Waals surface area contributed by atoms with Crippen molar-refractivity contribution >= 4 is 21.8 Å². The first-order valence-corrected chi connectivity index (χ1v) is 8.00. The van der Waals surface area contributed by atoms with Gasteiger partial charge in [0.15, 0.2) is 0 Å². The van der Waals surface area contributed by atoms with E-state index >= 15 is 0 Å². The molecule has 0 radical (unpaired) electrons. The van der Waals surface area contributed by atoms with Crippen molar-refractivity contribution in [2.24, 2.45) is 11.8 Å². The number of nitrogens with one attached hydrogen (secondary N) is 1. The van der Waals surface area contributed by atoms with Crippen LogP contribution in [0.15, 0.2) is 22.7 Å². The minimum absolute atomic E-state index is 0.0694. The smallest absolute Gasteiger partial charge is 0.254 e. The number of carbonyl (C=O) groups is 1. The molecule has 4 heteroatoms. The molecule has 0 bridgehead atoms. The van der Waals surface area contributed by atoms with Crippen LogP contribution in [-0.4, -0.2) is 36.0 Å². The molecule has 2 aliphatic heterocycles. The van der Waals surface area contributed by atoms with Crippen LogP contribution in [0.4, 0.5) is 0 Å². The van der Waals surface area contributed by atoms with Crippen molar-refractivity contribution in [1.82, 2.24) is 10.2 Å². The van der Waals surface area contributed by atoms with Gasteiger partial charge in [0.05, 0.1) is 0 Å². The number of hydrogen-bond acceptors (Lipinski definition) is 2. The third-order valence-electron chi connectivity index (χ3n) is 5.10. The van der Waals surface area contributed by atoms with Crippen LogP contribution < -0.4 is 5.32 Å². The fourth-order valence-corrected chi connectivity index (χ4v) is 4.12. The maximum atomic E-state index is 13.0. The van der Waals surface area contributed by atoms with Gasteiger partial charge in [-0.05, 0) is 50.3 Å². The fraction of sp³-hybridized carbons (Fsp3) is 0.562. The Morgan fingerprint density at radius 1 is 1.40 bits per heavy atom. The number of halogens is 1. The number of amides is 1. The summed E-state index contributed by atoms with van der Waals surface area (Å²) < 4.78 is 1.00. The molecule has 0 spiro atoms. The average Bonchev–Trinajstić information content (AvgIpc) is 2.95. The third kappa shape index (κ3) is 2.01. The van der Waals surface area contributed by atoms with Crippen molar-refractivity contribution in [2.45, 2.75) is 26.3 Å². The summed E-state index contributed by atoms with van der Waals surface area (Å²) in [6.07, 6.45) is 0. The zero-order chi connectivity index (χ0) is 14.5. The predicted octanol–water partition coefficient (Wildman–Crippen LogP) is 2.83. The Bertz CT molecular complexity index is 555. The monoisotopic (exact) mass is 336 g/mol. The number of rotatable bonds is 1. The molecule has 3 rings (SSSR count). The molecule has 20 heavy (non-hydrogen) atoms. The third-order valence-corrected chi connectivity index (χ3v) is 5.96. The molecule has 0 aliphatic carbocycles. The van der Waals surface area contributed by atoms with E-state index in [-0.39, 0.29) is 11.4 Å². The Morgan fingerprint density at radius 3 is 2.85 bits per heavy atom. The molecule has 3 nitrogen and oxygen atoms in total. The second kappa shape index (κ2) is 4.85. The van der Waals surface area contributed by atoms with Crippen molar-refractivity contribution in [3.05, 3.63) is 33.8 Å². The predicted molar refractivity (Wildman–Crippen MR) is 83.8 cm³/mol. The topological polar surface area (TPSA) is 32.3 Å². The molecule has 1 aromatic carbocycles. The Balaban J connectivity index is 1.93. The van der Waals surface area contributed by atoms with Gasteiger partial charge in [0.2, 0.25) is 0 Å². The Hall–Kier alpha value is -0.870. The van der Waals surface area contributed by atoms with Gasteiger partial charge in [-0.1, -0.05) is 22.0 Å². The minimum Gasteiger partial charge on any atom is -0.333 e. The number of likely N-dealkylation sites (tertiary alicyclic amines) is 1. The molecule has 1 amide bonds. The number of benzene rings is 1. The lowest BCUT2D eigenvalue weighted by molar-refractivity contribution is 0.0602. The van der Waals surface area contributed by atoms with Gasteiger partial charge < -0.3 is 10.2 Å². The van der Waals surface area contributed by atoms with E-state index in [0.29, 0.717) is 11.8 Å². The van der Waals surface area contributed by atoms with Crippen LogP contribution in [-0.2, 0) is 0 Å². The summed E-state index contributed by atoms with van der Waals surface area (Å²) in [7, 11) is 0. The molecule has 2 aliphatic rings. The zero-order valence-corrected chi connectivity index (χ0v) is 13.8. The van der Waals surface area contributed by atoms with Gasteiger partial charge in [-0.15, -0.1) is 0 Å². The van der Waals surface area contributed by atoms with Gasteiger partial charge in [-0.25, -0.2) is 0 Å². The standard InChI is InChI=1S/C16H21BrN2O/c1-10-12(5-4-6-14(10)17)15(20)19-9-11-7-18-8-13(11)16(19,2)3/h4-6,11,13,18H,7-9H2,1-3H3. The summed E-state index contributed by atoms with van der Waals surface area (Å²) in [4.78, 5) is 15.0. The normalized spacial score (nSPS) is 27.7. The maximum Gasteiger partial charge on any atom is 0.254 e. The molecule has 1 aromatic rings. The van der Waals surface area contributed by atoms with Crippen molar-refractivity contribution in [3.8, 4) is 0 Å². The van der Waals surface area contributed by atoms with Gasteiger partial charge in [0.25, 0.3) is 5.91 Å². The van der Waals surface area contributed by atoms with Crippen molar-refractivity contribution in [3.63, 3.8) is 0 Å². The molecule has 0 aromatic heterocycles. The van der Waals surface area contributed by atoms with Crippen LogP contribution in [0.1, 0.15) is 29.8 Å². The van der Waals surface area contributed by atoms with Crippen LogP contribution in [0.3, 0.4) is 0 Å². The lowest BCUT2D eigenvalue weighted by Crippen LogP contribution is -2.47. The highest BCUT2D eigenvalue weighted by atomic mass is 79.9. The van der Waals surface area contributed by atoms with Gasteiger partial charge in [0.1, 0.15) is 0 Å². The largest absolute Gasteiger partial charge is 0.333 e. The van der Waals surface area contributed by atoms with E-state index in [1.807, 2.05) is 25.1 Å². The van der Waals surface area contributed by atoms with Crippen molar-refractivity contribution in [2.75, 3.05) is 19.6 Å². The van der Waals surface area contributed by atoms with Gasteiger partial charge in [-0.2, -0.15) is 0 Å². The SMILES string of the molecule is Cc1c(Br)cccc1C(=O)N1CC2CNCC2C1(C)C. The Morgan fingerprint density at radius 2 is 2.15 bits per heavy atom. The molecule has 2 saturated heterocycles. The molecule has 0 saturated carbocycles. The van der Waals surface area contributed by atoms with E-state index in [1.165, 1.54) is 0 Å². The quantitative estimate of drug-likeness (QED) is 0.855. The lowest BCUT2D eigenvalue weighted by atomic mass is 9.84. The van der Waals surface area contributed by atoms with Crippen LogP contribution in [0.25, 0.3) is 0 Å². The van der Waals surface area contributed by atoms with Gasteiger partial charge in [0, 0.05) is 35.2 Å². The molecule has 2 fully saturated rings. The highest BCUT2D eigenvalue weighted by molar-refractivity contribution is 9.10. The maximum absolute atomic E-state index is 13.0. The molecule has 2 heterocycles. The van der Waals surface area contributed by atoms with Crippen LogP contribution >= 0.6 is 15.9 Å². The van der Waals surface area contributed by atoms with Gasteiger partial charge in [-0.3, -0.25) is 4.79 Å². The fourth-order valence-electron chi connectivity index (χ4n) is 3.75. The second-order valence-electron chi connectivity index (χ2n) is 6.51. The number of fused-ring (bicyclic) bond motifs is 1. The van der Waals surface area contributed by atoms with E-state index < -0.39 is 0 Å². The van der Waals surface area contributed by atoms with E-state index in [1.54, 1.807) is 0 Å².